The molecule has 4 nitrogen and oxygen atoms in total. The molecule has 0 bridgehead atoms. The fourth-order valence-corrected chi connectivity index (χ4v) is 5.42. The molecule has 0 aromatic heterocycles. The molecule has 0 aliphatic heterocycles. The number of guanidine groups is 1. The van der Waals surface area contributed by atoms with Gasteiger partial charge in [0.15, 0.2) is 5.96 Å². The van der Waals surface area contributed by atoms with E-state index in [2.05, 4.69) is 47.9 Å². The minimum absolute atomic E-state index is 0.114. The van der Waals surface area contributed by atoms with Gasteiger partial charge in [-0.3, -0.25) is 4.99 Å². The van der Waals surface area contributed by atoms with Crippen molar-refractivity contribution >= 4 is 17.7 Å². The zero-order valence-corrected chi connectivity index (χ0v) is 16.7. The Bertz CT molecular complexity index is 564. The molecule has 0 heterocycles. The summed E-state index contributed by atoms with van der Waals surface area (Å²) in [7, 11) is 0. The Labute approximate surface area is 162 Å². The number of hydrogen-bond donors (Lipinski definition) is 3. The summed E-state index contributed by atoms with van der Waals surface area (Å²) in [6.07, 6.45) is 8.81. The third-order valence-corrected chi connectivity index (χ3v) is 6.98. The molecule has 0 unspecified atom stereocenters. The number of aliphatic hydroxyl groups excluding tert-OH is 1. The van der Waals surface area contributed by atoms with Gasteiger partial charge in [-0.15, -0.1) is 11.8 Å². The minimum Gasteiger partial charge on any atom is -0.393 e. The molecule has 1 aromatic carbocycles. The molecule has 0 radical (unpaired) electrons. The molecule has 2 saturated carbocycles. The molecule has 26 heavy (non-hydrogen) atoms. The van der Waals surface area contributed by atoms with Crippen molar-refractivity contribution < 1.29 is 5.11 Å². The maximum absolute atomic E-state index is 9.71. The van der Waals surface area contributed by atoms with Gasteiger partial charge in [-0.25, -0.2) is 0 Å². The zero-order valence-electron chi connectivity index (χ0n) is 15.9. The van der Waals surface area contributed by atoms with E-state index in [-0.39, 0.29) is 10.9 Å². The van der Waals surface area contributed by atoms with Gasteiger partial charge in [0.2, 0.25) is 0 Å². The molecular weight excluding hydrogens is 342 g/mol. The van der Waals surface area contributed by atoms with Crippen molar-refractivity contribution in [3.8, 4) is 0 Å². The highest BCUT2D eigenvalue weighted by Gasteiger charge is 2.35. The predicted molar refractivity (Wildman–Crippen MR) is 111 cm³/mol. The number of nitrogens with zero attached hydrogens (tertiary/aromatic N) is 1. The Morgan fingerprint density at radius 3 is 2.50 bits per heavy atom. The molecule has 0 spiro atoms. The maximum atomic E-state index is 9.71. The van der Waals surface area contributed by atoms with E-state index in [0.29, 0.717) is 6.04 Å². The van der Waals surface area contributed by atoms with Gasteiger partial charge >= 0.3 is 0 Å². The van der Waals surface area contributed by atoms with Gasteiger partial charge in [-0.05, 0) is 57.6 Å². The monoisotopic (exact) mass is 375 g/mol. The lowest BCUT2D eigenvalue weighted by Gasteiger charge is -2.29. The first-order valence-electron chi connectivity index (χ1n) is 10.2. The van der Waals surface area contributed by atoms with Crippen LogP contribution in [0.25, 0.3) is 0 Å². The molecule has 5 heteroatoms. The number of thioether (sulfide) groups is 1. The van der Waals surface area contributed by atoms with Gasteiger partial charge < -0.3 is 15.7 Å². The van der Waals surface area contributed by atoms with Crippen LogP contribution in [-0.4, -0.2) is 41.0 Å². The molecule has 2 aliphatic rings. The topological polar surface area (TPSA) is 56.7 Å². The summed E-state index contributed by atoms with van der Waals surface area (Å²) in [5.74, 6) is 0.939. The fraction of sp³-hybridized carbons (Fsp3) is 0.667. The van der Waals surface area contributed by atoms with Crippen LogP contribution in [0.15, 0.2) is 40.2 Å². The maximum Gasteiger partial charge on any atom is 0.191 e. The first-order valence-corrected chi connectivity index (χ1v) is 11.0. The van der Waals surface area contributed by atoms with Gasteiger partial charge in [0.25, 0.3) is 0 Å². The molecule has 3 N–H and O–H groups in total. The number of rotatable bonds is 6. The smallest absolute Gasteiger partial charge is 0.191 e. The van der Waals surface area contributed by atoms with Crippen molar-refractivity contribution in [3.05, 3.63) is 30.3 Å². The summed E-state index contributed by atoms with van der Waals surface area (Å²) in [5, 5.41) is 16.7. The minimum atomic E-state index is -0.114. The Morgan fingerprint density at radius 1 is 1.15 bits per heavy atom. The van der Waals surface area contributed by atoms with E-state index in [1.54, 1.807) is 0 Å². The van der Waals surface area contributed by atoms with E-state index >= 15 is 0 Å². The van der Waals surface area contributed by atoms with Crippen LogP contribution in [-0.2, 0) is 0 Å². The molecule has 0 atom stereocenters. The second-order valence-corrected chi connectivity index (χ2v) is 9.19. The third-order valence-electron chi connectivity index (χ3n) is 5.50. The van der Waals surface area contributed by atoms with Crippen LogP contribution in [0.2, 0.25) is 0 Å². The van der Waals surface area contributed by atoms with Gasteiger partial charge in [-0.2, -0.15) is 0 Å². The molecule has 0 saturated heterocycles. The van der Waals surface area contributed by atoms with Crippen molar-refractivity contribution in [2.24, 2.45) is 4.99 Å². The van der Waals surface area contributed by atoms with Crippen molar-refractivity contribution in [2.75, 3.05) is 13.1 Å². The third kappa shape index (κ3) is 5.65. The number of aliphatic hydroxyl groups is 1. The van der Waals surface area contributed by atoms with Crippen molar-refractivity contribution in [1.29, 1.82) is 0 Å². The Hall–Kier alpha value is -1.20. The van der Waals surface area contributed by atoms with Crippen molar-refractivity contribution in [2.45, 2.75) is 80.1 Å². The summed E-state index contributed by atoms with van der Waals surface area (Å²) >= 11 is 2.01. The van der Waals surface area contributed by atoms with E-state index in [4.69, 9.17) is 4.99 Å². The molecule has 2 fully saturated rings. The number of nitrogens with one attached hydrogen (secondary N) is 2. The second kappa shape index (κ2) is 9.65. The van der Waals surface area contributed by atoms with Crippen LogP contribution in [0.3, 0.4) is 0 Å². The SMILES string of the molecule is CCNC(=NCC1(Sc2ccccc2)CCCC1)NC1CCC(O)CC1. The first-order chi connectivity index (χ1) is 12.7. The fourth-order valence-electron chi connectivity index (χ4n) is 4.01. The normalized spacial score (nSPS) is 25.8. The van der Waals surface area contributed by atoms with E-state index in [1.165, 1.54) is 30.6 Å². The predicted octanol–water partition coefficient (Wildman–Crippen LogP) is 3.95. The highest BCUT2D eigenvalue weighted by molar-refractivity contribution is 8.00. The van der Waals surface area contributed by atoms with Crippen molar-refractivity contribution in [1.82, 2.24) is 10.6 Å². The summed E-state index contributed by atoms with van der Waals surface area (Å²) in [6.45, 7) is 3.85. The number of aliphatic imine (C=N–C) groups is 1. The van der Waals surface area contributed by atoms with E-state index in [9.17, 15) is 5.11 Å². The second-order valence-electron chi connectivity index (χ2n) is 7.65. The van der Waals surface area contributed by atoms with Crippen LogP contribution >= 0.6 is 11.8 Å². The van der Waals surface area contributed by atoms with Gasteiger partial charge in [0, 0.05) is 22.2 Å². The van der Waals surface area contributed by atoms with Gasteiger partial charge in [-0.1, -0.05) is 31.0 Å². The van der Waals surface area contributed by atoms with Crippen LogP contribution in [0.5, 0.6) is 0 Å². The average Bonchev–Trinajstić information content (AvgIpc) is 3.11. The number of hydrogen-bond acceptors (Lipinski definition) is 3. The van der Waals surface area contributed by atoms with Crippen LogP contribution in [0.4, 0.5) is 0 Å². The highest BCUT2D eigenvalue weighted by Crippen LogP contribution is 2.45. The first kappa shape index (κ1) is 19.6. The zero-order chi connectivity index (χ0) is 18.2. The lowest BCUT2D eigenvalue weighted by Crippen LogP contribution is -2.46. The quantitative estimate of drug-likeness (QED) is 0.520. The molecule has 0 amide bonds. The highest BCUT2D eigenvalue weighted by atomic mass is 32.2. The summed E-state index contributed by atoms with van der Waals surface area (Å²) in [4.78, 5) is 6.34. The number of benzene rings is 1. The van der Waals surface area contributed by atoms with Crippen LogP contribution in [0.1, 0.15) is 58.3 Å². The Kier molecular flexibility index (Phi) is 7.26. The van der Waals surface area contributed by atoms with Crippen LogP contribution < -0.4 is 10.6 Å². The summed E-state index contributed by atoms with van der Waals surface area (Å²) in [5.41, 5.74) is 0. The standard InChI is InChI=1S/C21H33N3OS/c1-2-22-20(24-17-10-12-18(25)13-11-17)23-16-21(14-6-7-15-21)26-19-8-4-3-5-9-19/h3-5,8-9,17-18,25H,2,6-7,10-16H2,1H3,(H2,22,23,24). The van der Waals surface area contributed by atoms with Crippen LogP contribution in [0, 0.1) is 0 Å². The summed E-state index contributed by atoms with van der Waals surface area (Å²) in [6, 6.07) is 11.2. The largest absolute Gasteiger partial charge is 0.393 e. The lowest BCUT2D eigenvalue weighted by molar-refractivity contribution is 0.120. The van der Waals surface area contributed by atoms with Crippen molar-refractivity contribution in [3.63, 3.8) is 0 Å². The molecule has 3 rings (SSSR count). The average molecular weight is 376 g/mol. The molecule has 2 aliphatic carbocycles. The Balaban J connectivity index is 1.63. The Morgan fingerprint density at radius 2 is 1.85 bits per heavy atom. The van der Waals surface area contributed by atoms with Gasteiger partial charge in [0.1, 0.15) is 0 Å². The lowest BCUT2D eigenvalue weighted by atomic mass is 9.93. The van der Waals surface area contributed by atoms with E-state index in [1.807, 2.05) is 11.8 Å². The molecule has 1 aromatic rings. The van der Waals surface area contributed by atoms with Gasteiger partial charge in [0.05, 0.1) is 12.6 Å². The van der Waals surface area contributed by atoms with E-state index < -0.39 is 0 Å². The van der Waals surface area contributed by atoms with E-state index in [0.717, 1.165) is 44.7 Å². The molecular formula is C21H33N3OS. The summed E-state index contributed by atoms with van der Waals surface area (Å²) < 4.78 is 0.229. The molecule has 144 valence electrons.